The number of hydrogen-bond acceptors (Lipinski definition) is 7. The van der Waals surface area contributed by atoms with Crippen molar-refractivity contribution in [3.05, 3.63) is 95.1 Å². The highest BCUT2D eigenvalue weighted by atomic mass is 16.7. The molecule has 3 aromatic rings. The number of rotatable bonds is 27. The minimum Gasteiger partial charge on any atom is -0.397 e. The van der Waals surface area contributed by atoms with E-state index in [1.54, 1.807) is 12.1 Å². The van der Waals surface area contributed by atoms with Crippen LogP contribution in [0.25, 0.3) is 0 Å². The number of benzene rings is 3. The molecule has 9 heteroatoms. The van der Waals surface area contributed by atoms with Crippen molar-refractivity contribution in [3.63, 3.8) is 0 Å². The van der Waals surface area contributed by atoms with Crippen molar-refractivity contribution in [3.8, 4) is 0 Å². The number of unbranched alkanes of at least 4 members (excludes halogenated alkanes) is 11. The van der Waals surface area contributed by atoms with Gasteiger partial charge in [0.15, 0.2) is 6.29 Å². The molecule has 1 aliphatic heterocycles. The van der Waals surface area contributed by atoms with Gasteiger partial charge in [-0.25, -0.2) is 0 Å². The van der Waals surface area contributed by atoms with Crippen LogP contribution in [0.15, 0.2) is 72.8 Å². The topological polar surface area (TPSA) is 126 Å². The molecule has 9 nitrogen and oxygen atoms in total. The molecule has 1 aliphatic rings. The number of aliphatic hydroxyl groups excluding tert-OH is 1. The predicted octanol–water partition coefficient (Wildman–Crippen LogP) is 10.1. The first-order valence-corrected chi connectivity index (χ1v) is 21.6. The van der Waals surface area contributed by atoms with Crippen LogP contribution in [0.1, 0.15) is 158 Å². The van der Waals surface area contributed by atoms with Crippen molar-refractivity contribution < 1.29 is 24.2 Å². The molecule has 0 aliphatic carbocycles. The normalized spacial score (nSPS) is 16.9. The van der Waals surface area contributed by atoms with Crippen molar-refractivity contribution in [2.24, 2.45) is 0 Å². The van der Waals surface area contributed by atoms with Crippen molar-refractivity contribution in [1.82, 2.24) is 10.2 Å². The van der Waals surface area contributed by atoms with Gasteiger partial charge in [-0.05, 0) is 67.6 Å². The van der Waals surface area contributed by atoms with Gasteiger partial charge in [-0.3, -0.25) is 9.59 Å². The molecule has 308 valence electrons. The van der Waals surface area contributed by atoms with E-state index in [0.29, 0.717) is 43.6 Å². The van der Waals surface area contributed by atoms with E-state index in [0.717, 1.165) is 48.3 Å². The number of aliphatic hydroxyl groups is 1. The highest BCUT2D eigenvalue weighted by Crippen LogP contribution is 2.38. The maximum absolute atomic E-state index is 12.6. The molecule has 0 radical (unpaired) electrons. The number of ether oxygens (including phenoxy) is 2. The highest BCUT2D eigenvalue weighted by molar-refractivity contribution is 5.93. The van der Waals surface area contributed by atoms with Gasteiger partial charge in [0.1, 0.15) is 0 Å². The summed E-state index contributed by atoms with van der Waals surface area (Å²) in [6.45, 7) is 8.06. The molecule has 5 N–H and O–H groups in total. The summed E-state index contributed by atoms with van der Waals surface area (Å²) in [5.41, 5.74) is 11.0. The number of nitrogens with zero attached hydrogens (tertiary/aromatic N) is 1. The molecule has 0 saturated carbocycles. The Kier molecular flexibility index (Phi) is 21.0. The molecular formula is C47H70N4O5. The van der Waals surface area contributed by atoms with Gasteiger partial charge < -0.3 is 35.8 Å². The quantitative estimate of drug-likeness (QED) is 0.0449. The van der Waals surface area contributed by atoms with E-state index in [4.69, 9.17) is 15.2 Å². The second-order valence-corrected chi connectivity index (χ2v) is 15.5. The largest absolute Gasteiger partial charge is 0.397 e. The van der Waals surface area contributed by atoms with Crippen LogP contribution in [-0.4, -0.2) is 47.6 Å². The van der Waals surface area contributed by atoms with Crippen molar-refractivity contribution in [2.45, 2.75) is 155 Å². The molecule has 4 rings (SSSR count). The average molecular weight is 771 g/mol. The highest BCUT2D eigenvalue weighted by Gasteiger charge is 2.33. The van der Waals surface area contributed by atoms with Gasteiger partial charge in [0.25, 0.3) is 0 Å². The van der Waals surface area contributed by atoms with Gasteiger partial charge >= 0.3 is 0 Å². The first kappa shape index (κ1) is 44.9. The lowest BCUT2D eigenvalue weighted by atomic mass is 9.99. The lowest BCUT2D eigenvalue weighted by molar-refractivity contribution is -0.253. The van der Waals surface area contributed by atoms with Crippen LogP contribution in [0.2, 0.25) is 0 Å². The Morgan fingerprint density at radius 3 is 1.89 bits per heavy atom. The number of amides is 2. The number of para-hydroxylation sites is 2. The molecular weight excluding hydrogens is 701 g/mol. The molecule has 0 bridgehead atoms. The Labute approximate surface area is 337 Å². The zero-order valence-corrected chi connectivity index (χ0v) is 34.3. The van der Waals surface area contributed by atoms with E-state index in [-0.39, 0.29) is 30.6 Å². The summed E-state index contributed by atoms with van der Waals surface area (Å²) in [4.78, 5) is 27.5. The summed E-state index contributed by atoms with van der Waals surface area (Å²) < 4.78 is 13.4. The van der Waals surface area contributed by atoms with Crippen molar-refractivity contribution in [1.29, 1.82) is 0 Å². The molecule has 1 heterocycles. The Morgan fingerprint density at radius 2 is 1.27 bits per heavy atom. The fourth-order valence-electron chi connectivity index (χ4n) is 7.32. The molecule has 1 saturated heterocycles. The summed E-state index contributed by atoms with van der Waals surface area (Å²) in [6.07, 6.45) is 17.5. The number of nitrogens with two attached hydrogens (primary N) is 1. The maximum Gasteiger partial charge on any atom is 0.224 e. The zero-order chi connectivity index (χ0) is 39.8. The third kappa shape index (κ3) is 16.8. The second kappa shape index (κ2) is 26.2. The summed E-state index contributed by atoms with van der Waals surface area (Å²) >= 11 is 0. The fraction of sp³-hybridized carbons (Fsp3) is 0.574. The van der Waals surface area contributed by atoms with Gasteiger partial charge in [-0.1, -0.05) is 139 Å². The molecule has 0 spiro atoms. The molecule has 2 amide bonds. The third-order valence-electron chi connectivity index (χ3n) is 10.8. The van der Waals surface area contributed by atoms with Crippen LogP contribution in [-0.2, 0) is 32.2 Å². The Balaban J connectivity index is 1.31. The standard InChI is InChI=1S/C47H70N4O5/c1-3-5-7-9-11-17-31-51(32-18-12-10-8-6-4-2)35-41-33-44(39-27-25-38(36-52)26-28-39)56-47(55-41)40-29-23-37(24-30-40)34-49-45(53)21-15-16-22-46(54)50-43-20-14-13-19-42(43)48/h13-14,19-20,23-30,41,44,47,52H,3-12,15-18,21-22,31-36,48H2,1-2H3,(H,49,53)(H,50,54)/t41-,44+,47+/m0/s1. The molecule has 56 heavy (non-hydrogen) atoms. The van der Waals surface area contributed by atoms with Gasteiger partial charge in [-0.2, -0.15) is 0 Å². The van der Waals surface area contributed by atoms with E-state index in [1.807, 2.05) is 48.5 Å². The van der Waals surface area contributed by atoms with E-state index in [2.05, 4.69) is 41.5 Å². The number of hydrogen-bond donors (Lipinski definition) is 4. The summed E-state index contributed by atoms with van der Waals surface area (Å²) in [7, 11) is 0. The third-order valence-corrected chi connectivity index (χ3v) is 10.8. The summed E-state index contributed by atoms with van der Waals surface area (Å²) in [5.74, 6) is -0.143. The van der Waals surface area contributed by atoms with Crippen LogP contribution in [0.4, 0.5) is 11.4 Å². The van der Waals surface area contributed by atoms with Crippen molar-refractivity contribution >= 4 is 23.2 Å². The van der Waals surface area contributed by atoms with E-state index >= 15 is 0 Å². The van der Waals surface area contributed by atoms with Gasteiger partial charge in [0.2, 0.25) is 11.8 Å². The number of nitrogens with one attached hydrogen (secondary N) is 2. The Morgan fingerprint density at radius 1 is 0.696 bits per heavy atom. The summed E-state index contributed by atoms with van der Waals surface area (Å²) in [6, 6.07) is 23.4. The lowest BCUT2D eigenvalue weighted by Crippen LogP contribution is -2.40. The monoisotopic (exact) mass is 771 g/mol. The summed E-state index contributed by atoms with van der Waals surface area (Å²) in [5, 5.41) is 15.5. The molecule has 3 aromatic carbocycles. The average Bonchev–Trinajstić information content (AvgIpc) is 3.22. The second-order valence-electron chi connectivity index (χ2n) is 15.5. The molecule has 1 fully saturated rings. The van der Waals surface area contributed by atoms with Crippen LogP contribution in [0.3, 0.4) is 0 Å². The van der Waals surface area contributed by atoms with E-state index < -0.39 is 6.29 Å². The van der Waals surface area contributed by atoms with Crippen LogP contribution in [0.5, 0.6) is 0 Å². The predicted molar refractivity (Wildman–Crippen MR) is 228 cm³/mol. The van der Waals surface area contributed by atoms with Crippen LogP contribution in [0, 0.1) is 0 Å². The number of carbonyl (C=O) groups excluding carboxylic acids is 2. The Hall–Kier alpha value is -3.76. The first-order chi connectivity index (χ1) is 27.4. The van der Waals surface area contributed by atoms with Gasteiger partial charge in [-0.15, -0.1) is 0 Å². The van der Waals surface area contributed by atoms with Crippen LogP contribution >= 0.6 is 0 Å². The molecule has 0 aromatic heterocycles. The molecule has 0 unspecified atom stereocenters. The number of anilines is 2. The Bertz CT molecular complexity index is 1520. The number of nitrogen functional groups attached to an aromatic ring is 1. The maximum atomic E-state index is 12.6. The first-order valence-electron chi connectivity index (χ1n) is 21.6. The van der Waals surface area contributed by atoms with Gasteiger partial charge in [0.05, 0.1) is 30.2 Å². The molecule has 3 atom stereocenters. The van der Waals surface area contributed by atoms with Crippen LogP contribution < -0.4 is 16.4 Å². The lowest BCUT2D eigenvalue weighted by Gasteiger charge is -2.38. The smallest absolute Gasteiger partial charge is 0.224 e. The van der Waals surface area contributed by atoms with Gasteiger partial charge in [0, 0.05) is 37.9 Å². The number of carbonyl (C=O) groups is 2. The van der Waals surface area contributed by atoms with E-state index in [1.165, 1.54) is 77.0 Å². The fourth-order valence-corrected chi connectivity index (χ4v) is 7.32. The van der Waals surface area contributed by atoms with Crippen molar-refractivity contribution in [2.75, 3.05) is 30.7 Å². The minimum absolute atomic E-state index is 0.0120. The van der Waals surface area contributed by atoms with E-state index in [9.17, 15) is 14.7 Å². The zero-order valence-electron chi connectivity index (χ0n) is 34.3. The SMILES string of the molecule is CCCCCCCCN(CCCCCCCC)C[C@@H]1C[C@H](c2ccc(CO)cc2)O[C@H](c2ccc(CNC(=O)CCCCC(=O)Nc3ccccc3N)cc2)O1. The minimum atomic E-state index is -0.514.